The van der Waals surface area contributed by atoms with Gasteiger partial charge in [-0.2, -0.15) is 0 Å². The Hall–Kier alpha value is -3.04. The lowest BCUT2D eigenvalue weighted by molar-refractivity contribution is 0.488. The van der Waals surface area contributed by atoms with Crippen molar-refractivity contribution in [1.29, 1.82) is 0 Å². The summed E-state index contributed by atoms with van der Waals surface area (Å²) < 4.78 is 21.8. The molecule has 8 heteroatoms. The van der Waals surface area contributed by atoms with Crippen molar-refractivity contribution >= 4 is 45.1 Å². The maximum Gasteiger partial charge on any atom is 0.136 e. The summed E-state index contributed by atoms with van der Waals surface area (Å²) in [4.78, 5) is 4.72. The molecule has 0 N–H and O–H groups in total. The molecule has 2 aromatic heterocycles. The number of nitrogens with zero attached hydrogens (tertiary/aromatic N) is 4. The van der Waals surface area contributed by atoms with Crippen molar-refractivity contribution in [1.82, 2.24) is 20.0 Å². The van der Waals surface area contributed by atoms with Crippen molar-refractivity contribution < 1.29 is 9.13 Å². The van der Waals surface area contributed by atoms with Crippen LogP contribution in [0.15, 0.2) is 79.0 Å². The van der Waals surface area contributed by atoms with Crippen LogP contribution >= 0.6 is 34.2 Å². The Kier molecular flexibility index (Phi) is 5.29. The van der Waals surface area contributed by atoms with Crippen LogP contribution in [0.2, 0.25) is 5.02 Å². The Balaban J connectivity index is 1.48. The number of ether oxygens (including phenoxy) is 1. The highest BCUT2D eigenvalue weighted by atomic mass is 127. The number of halogens is 3. The maximum absolute atomic E-state index is 13.2. The summed E-state index contributed by atoms with van der Waals surface area (Å²) in [5.41, 5.74) is 2.77. The molecular formula is C23H13ClFIN4O. The molecule has 0 aliphatic heterocycles. The van der Waals surface area contributed by atoms with E-state index in [1.807, 2.05) is 42.5 Å². The van der Waals surface area contributed by atoms with Crippen LogP contribution in [0, 0.1) is 9.39 Å². The molecule has 0 saturated carbocycles. The quantitative estimate of drug-likeness (QED) is 0.238. The van der Waals surface area contributed by atoms with Gasteiger partial charge in [-0.25, -0.2) is 14.1 Å². The Morgan fingerprint density at radius 3 is 2.58 bits per heavy atom. The minimum absolute atomic E-state index is 0.300. The second-order valence-corrected chi connectivity index (χ2v) is 8.43. The van der Waals surface area contributed by atoms with E-state index in [-0.39, 0.29) is 5.82 Å². The molecule has 2 heterocycles. The fourth-order valence-electron chi connectivity index (χ4n) is 3.17. The van der Waals surface area contributed by atoms with E-state index < -0.39 is 0 Å². The van der Waals surface area contributed by atoms with Crippen molar-refractivity contribution in [2.24, 2.45) is 0 Å². The summed E-state index contributed by atoms with van der Waals surface area (Å²) in [5, 5.41) is 9.83. The predicted molar refractivity (Wildman–Crippen MR) is 126 cm³/mol. The second kappa shape index (κ2) is 8.24. The van der Waals surface area contributed by atoms with Gasteiger partial charge in [0.05, 0.1) is 23.1 Å². The topological polar surface area (TPSA) is 52.8 Å². The van der Waals surface area contributed by atoms with Crippen molar-refractivity contribution in [2.75, 3.05) is 0 Å². The van der Waals surface area contributed by atoms with Crippen molar-refractivity contribution in [2.45, 2.75) is 0 Å². The molecule has 0 fully saturated rings. The zero-order valence-electron chi connectivity index (χ0n) is 15.8. The molecule has 0 spiro atoms. The third kappa shape index (κ3) is 4.24. The third-order valence-electron chi connectivity index (χ3n) is 4.60. The number of rotatable bonds is 4. The fourth-order valence-corrected chi connectivity index (χ4v) is 4.23. The van der Waals surface area contributed by atoms with Gasteiger partial charge in [0.1, 0.15) is 23.0 Å². The summed E-state index contributed by atoms with van der Waals surface area (Å²) in [6.45, 7) is 0. The normalized spacial score (nSPS) is 11.1. The van der Waals surface area contributed by atoms with E-state index in [1.165, 1.54) is 12.1 Å². The molecule has 5 nitrogen and oxygen atoms in total. The number of benzene rings is 3. The van der Waals surface area contributed by atoms with Crippen LogP contribution in [0.5, 0.6) is 11.5 Å². The van der Waals surface area contributed by atoms with E-state index >= 15 is 0 Å². The van der Waals surface area contributed by atoms with Crippen molar-refractivity contribution in [3.05, 3.63) is 93.4 Å². The number of hydrogen-bond donors (Lipinski definition) is 0. The molecule has 0 unspecified atom stereocenters. The highest BCUT2D eigenvalue weighted by Gasteiger charge is 2.11. The van der Waals surface area contributed by atoms with Gasteiger partial charge < -0.3 is 4.74 Å². The van der Waals surface area contributed by atoms with Gasteiger partial charge in [0.25, 0.3) is 0 Å². The van der Waals surface area contributed by atoms with E-state index in [0.29, 0.717) is 33.6 Å². The van der Waals surface area contributed by atoms with Gasteiger partial charge in [0.2, 0.25) is 0 Å². The van der Waals surface area contributed by atoms with Crippen LogP contribution in [-0.2, 0) is 0 Å². The zero-order chi connectivity index (χ0) is 21.4. The number of hydrogen-bond acceptors (Lipinski definition) is 4. The van der Waals surface area contributed by atoms with E-state index in [4.69, 9.17) is 21.3 Å². The molecule has 152 valence electrons. The molecule has 0 aliphatic carbocycles. The van der Waals surface area contributed by atoms with Gasteiger partial charge in [0, 0.05) is 14.0 Å². The van der Waals surface area contributed by atoms with Gasteiger partial charge in [-0.3, -0.25) is 0 Å². The average molecular weight is 543 g/mol. The minimum atomic E-state index is -0.300. The highest BCUT2D eigenvalue weighted by molar-refractivity contribution is 14.1. The van der Waals surface area contributed by atoms with E-state index in [0.717, 1.165) is 14.5 Å². The molecular weight excluding hydrogens is 530 g/mol. The predicted octanol–water partition coefficient (Wildman–Crippen LogP) is 6.67. The van der Waals surface area contributed by atoms with Crippen molar-refractivity contribution in [3.8, 4) is 28.6 Å². The van der Waals surface area contributed by atoms with Gasteiger partial charge >= 0.3 is 0 Å². The van der Waals surface area contributed by atoms with E-state index in [1.54, 1.807) is 29.1 Å². The van der Waals surface area contributed by atoms with Gasteiger partial charge in [0.15, 0.2) is 0 Å². The molecule has 5 rings (SSSR count). The molecule has 0 amide bonds. The third-order valence-corrected chi connectivity index (χ3v) is 5.44. The van der Waals surface area contributed by atoms with Gasteiger partial charge in [-0.15, -0.1) is 5.10 Å². The van der Waals surface area contributed by atoms with Crippen LogP contribution in [-0.4, -0.2) is 20.0 Å². The monoisotopic (exact) mass is 542 g/mol. The van der Waals surface area contributed by atoms with Crippen LogP contribution in [0.3, 0.4) is 0 Å². The molecule has 31 heavy (non-hydrogen) atoms. The van der Waals surface area contributed by atoms with Gasteiger partial charge in [-0.1, -0.05) is 22.9 Å². The molecule has 3 aromatic carbocycles. The number of fused-ring (bicyclic) bond motifs is 1. The first-order valence-electron chi connectivity index (χ1n) is 9.27. The summed E-state index contributed by atoms with van der Waals surface area (Å²) in [7, 11) is 0. The lowest BCUT2D eigenvalue weighted by Crippen LogP contribution is -1.94. The summed E-state index contributed by atoms with van der Waals surface area (Å²) in [6, 6.07) is 21.1. The van der Waals surface area contributed by atoms with Crippen LogP contribution in [0.1, 0.15) is 0 Å². The van der Waals surface area contributed by atoms with Gasteiger partial charge in [-0.05, 0) is 89.3 Å². The van der Waals surface area contributed by atoms with E-state index in [9.17, 15) is 4.39 Å². The van der Waals surface area contributed by atoms with Crippen LogP contribution in [0.25, 0.3) is 28.0 Å². The smallest absolute Gasteiger partial charge is 0.136 e. The molecule has 5 aromatic rings. The van der Waals surface area contributed by atoms with Crippen LogP contribution in [0.4, 0.5) is 4.39 Å². The Morgan fingerprint density at radius 2 is 1.77 bits per heavy atom. The molecule has 0 aliphatic rings. The number of aromatic nitrogens is 4. The van der Waals surface area contributed by atoms with Crippen LogP contribution < -0.4 is 4.74 Å². The lowest BCUT2D eigenvalue weighted by atomic mass is 10.1. The summed E-state index contributed by atoms with van der Waals surface area (Å²) in [5.74, 6) is 1.05. The maximum atomic E-state index is 13.2. The molecule has 0 atom stereocenters. The first-order chi connectivity index (χ1) is 15.0. The van der Waals surface area contributed by atoms with E-state index in [2.05, 4.69) is 32.9 Å². The second-order valence-electron chi connectivity index (χ2n) is 6.75. The Bertz CT molecular complexity index is 1380. The first kappa shape index (κ1) is 19.9. The summed E-state index contributed by atoms with van der Waals surface area (Å²) >= 11 is 8.35. The lowest BCUT2D eigenvalue weighted by Gasteiger charge is -2.10. The summed E-state index contributed by atoms with van der Waals surface area (Å²) in [6.07, 6.45) is 1.76. The SMILES string of the molecule is Fc1ccc(-n2cc(-c3ccc4c(Oc5cc(Cl)cc(I)c5)cccc4n3)nn2)cc1. The molecule has 0 radical (unpaired) electrons. The minimum Gasteiger partial charge on any atom is -0.457 e. The highest BCUT2D eigenvalue weighted by Crippen LogP contribution is 2.32. The average Bonchev–Trinajstić information content (AvgIpc) is 3.24. The molecule has 0 bridgehead atoms. The Labute approximate surface area is 195 Å². The zero-order valence-corrected chi connectivity index (χ0v) is 18.7. The Morgan fingerprint density at radius 1 is 0.935 bits per heavy atom. The first-order valence-corrected chi connectivity index (χ1v) is 10.7. The fraction of sp³-hybridized carbons (Fsp3) is 0. The molecule has 0 saturated heterocycles. The van der Waals surface area contributed by atoms with Crippen molar-refractivity contribution in [3.63, 3.8) is 0 Å². The standard InChI is InChI=1S/C23H13ClFIN4O/c24-14-10-16(26)12-18(11-14)31-23-3-1-2-20-19(23)8-9-21(27-20)22-13-30(29-28-22)17-6-4-15(25)5-7-17/h1-13H. The largest absolute Gasteiger partial charge is 0.457 e. The number of pyridine rings is 1.